The van der Waals surface area contributed by atoms with Crippen molar-refractivity contribution < 1.29 is 14.3 Å². The van der Waals surface area contributed by atoms with Crippen LogP contribution in [0, 0.1) is 0 Å². The topological polar surface area (TPSA) is 95.6 Å². The lowest BCUT2D eigenvalue weighted by molar-refractivity contribution is 0.0935. The van der Waals surface area contributed by atoms with Crippen LogP contribution in [0.25, 0.3) is 10.2 Å². The molecule has 4 heterocycles. The molecule has 1 atom stereocenters. The molecule has 3 aromatic rings. The van der Waals surface area contributed by atoms with Crippen molar-refractivity contribution in [3.63, 3.8) is 0 Å². The lowest BCUT2D eigenvalue weighted by Gasteiger charge is -2.29. The van der Waals surface area contributed by atoms with Crippen LogP contribution in [0.4, 0.5) is 21.9 Å². The summed E-state index contributed by atoms with van der Waals surface area (Å²) in [6.07, 6.45) is 8.44. The van der Waals surface area contributed by atoms with E-state index in [0.717, 1.165) is 66.1 Å². The van der Waals surface area contributed by atoms with Crippen molar-refractivity contribution in [2.24, 2.45) is 0 Å². The zero-order valence-corrected chi connectivity index (χ0v) is 19.6. The highest BCUT2D eigenvalue weighted by molar-refractivity contribution is 7.21. The number of rotatable bonds is 5. The van der Waals surface area contributed by atoms with Gasteiger partial charge >= 0.3 is 6.03 Å². The summed E-state index contributed by atoms with van der Waals surface area (Å²) < 4.78 is 6.17. The van der Waals surface area contributed by atoms with Crippen molar-refractivity contribution in [1.82, 2.24) is 15.6 Å². The van der Waals surface area contributed by atoms with Gasteiger partial charge < -0.3 is 20.7 Å². The number of carbonyl (C=O) groups is 2. The number of nitrogens with zero attached hydrogens (tertiary/aromatic N) is 2. The van der Waals surface area contributed by atoms with E-state index < -0.39 is 0 Å². The quantitative estimate of drug-likeness (QED) is 0.491. The zero-order valence-electron chi connectivity index (χ0n) is 18.8. The SMILES string of the molecule is O=C(NC1CCCNC1)c1sc2nccc3c2c1NC(=O)N3c1cccc(OC2CCCC2)c1. The molecule has 0 spiro atoms. The molecule has 34 heavy (non-hydrogen) atoms. The third kappa shape index (κ3) is 3.88. The van der Waals surface area contributed by atoms with Gasteiger partial charge in [0.05, 0.1) is 28.6 Å². The molecular formula is C25H27N5O3S. The minimum absolute atomic E-state index is 0.0875. The third-order valence-corrected chi connectivity index (χ3v) is 7.86. The maximum atomic E-state index is 13.3. The average molecular weight is 478 g/mol. The number of piperidine rings is 1. The highest BCUT2D eigenvalue weighted by Crippen LogP contribution is 2.46. The molecule has 9 heteroatoms. The van der Waals surface area contributed by atoms with E-state index in [2.05, 4.69) is 20.9 Å². The van der Waals surface area contributed by atoms with Gasteiger partial charge in [-0.3, -0.25) is 9.69 Å². The highest BCUT2D eigenvalue weighted by Gasteiger charge is 2.33. The van der Waals surface area contributed by atoms with Crippen molar-refractivity contribution >= 4 is 50.6 Å². The normalized spacial score (nSPS) is 20.4. The molecule has 1 aromatic carbocycles. The van der Waals surface area contributed by atoms with Crippen molar-refractivity contribution in [3.05, 3.63) is 41.4 Å². The van der Waals surface area contributed by atoms with Gasteiger partial charge in [-0.2, -0.15) is 0 Å². The number of benzene rings is 1. The van der Waals surface area contributed by atoms with Crippen LogP contribution in [-0.4, -0.2) is 42.2 Å². The van der Waals surface area contributed by atoms with Crippen LogP contribution < -0.4 is 25.6 Å². The standard InChI is InChI=1S/C25H27N5O3S/c31-23(28-15-5-4-11-26-14-15)22-21-20-19(10-12-27-24(20)34-22)30(25(32)29-21)16-6-3-9-18(13-16)33-17-7-1-2-8-17/h3,6,9-10,12-13,15,17,26H,1-2,4-5,7-8,11,14H2,(H,28,31)(H,29,32). The molecular weight excluding hydrogens is 450 g/mol. The van der Waals surface area contributed by atoms with Gasteiger partial charge in [0, 0.05) is 24.8 Å². The summed E-state index contributed by atoms with van der Waals surface area (Å²) in [7, 11) is 0. The van der Waals surface area contributed by atoms with Gasteiger partial charge in [0.15, 0.2) is 0 Å². The van der Waals surface area contributed by atoms with Gasteiger partial charge in [-0.25, -0.2) is 9.78 Å². The second-order valence-corrected chi connectivity index (χ2v) is 10.1. The first-order valence-electron chi connectivity index (χ1n) is 12.0. The number of nitrogens with one attached hydrogen (secondary N) is 3. The van der Waals surface area contributed by atoms with Gasteiger partial charge in [0.1, 0.15) is 15.5 Å². The van der Waals surface area contributed by atoms with Gasteiger partial charge in [0.2, 0.25) is 0 Å². The van der Waals surface area contributed by atoms with Crippen LogP contribution in [0.5, 0.6) is 5.75 Å². The summed E-state index contributed by atoms with van der Waals surface area (Å²) in [6.45, 7) is 1.74. The highest BCUT2D eigenvalue weighted by atomic mass is 32.1. The van der Waals surface area contributed by atoms with E-state index in [0.29, 0.717) is 10.6 Å². The molecule has 2 fully saturated rings. The Labute approximate surface area is 201 Å². The lowest BCUT2D eigenvalue weighted by atomic mass is 10.1. The summed E-state index contributed by atoms with van der Waals surface area (Å²) in [6, 6.07) is 9.26. The first-order chi connectivity index (χ1) is 16.7. The molecule has 6 rings (SSSR count). The summed E-state index contributed by atoms with van der Waals surface area (Å²) >= 11 is 1.31. The molecule has 3 aliphatic rings. The molecule has 8 nitrogen and oxygen atoms in total. The van der Waals surface area contributed by atoms with Gasteiger partial charge in [-0.1, -0.05) is 6.07 Å². The van der Waals surface area contributed by atoms with Gasteiger partial charge in [0.25, 0.3) is 5.91 Å². The number of hydrogen-bond acceptors (Lipinski definition) is 6. The number of hydrogen-bond donors (Lipinski definition) is 3. The van der Waals surface area contributed by atoms with Crippen molar-refractivity contribution in [3.8, 4) is 5.75 Å². The fraction of sp³-hybridized carbons (Fsp3) is 0.400. The zero-order chi connectivity index (χ0) is 23.1. The van der Waals surface area contributed by atoms with Crippen molar-refractivity contribution in [2.75, 3.05) is 23.3 Å². The maximum Gasteiger partial charge on any atom is 0.331 e. The van der Waals surface area contributed by atoms with E-state index >= 15 is 0 Å². The number of ether oxygens (including phenoxy) is 1. The number of anilines is 3. The molecule has 0 bridgehead atoms. The predicted octanol–water partition coefficient (Wildman–Crippen LogP) is 4.78. The number of carbonyl (C=O) groups excluding carboxylic acids is 2. The fourth-order valence-electron chi connectivity index (χ4n) is 5.12. The second kappa shape index (κ2) is 8.88. The van der Waals surface area contributed by atoms with Crippen LogP contribution in [0.1, 0.15) is 48.2 Å². The predicted molar refractivity (Wildman–Crippen MR) is 133 cm³/mol. The minimum atomic E-state index is -0.301. The molecule has 0 radical (unpaired) electrons. The van der Waals surface area contributed by atoms with E-state index in [-0.39, 0.29) is 24.1 Å². The Balaban J connectivity index is 1.34. The van der Waals surface area contributed by atoms with Crippen LogP contribution in [0.3, 0.4) is 0 Å². The Morgan fingerprint density at radius 3 is 2.88 bits per heavy atom. The summed E-state index contributed by atoms with van der Waals surface area (Å²) in [4.78, 5) is 33.8. The molecule has 2 aromatic heterocycles. The maximum absolute atomic E-state index is 13.3. The van der Waals surface area contributed by atoms with Gasteiger partial charge in [-0.15, -0.1) is 11.3 Å². The molecule has 176 valence electrons. The van der Waals surface area contributed by atoms with E-state index in [1.807, 2.05) is 30.3 Å². The van der Waals surface area contributed by atoms with Crippen LogP contribution in [0.2, 0.25) is 0 Å². The van der Waals surface area contributed by atoms with Gasteiger partial charge in [-0.05, 0) is 63.3 Å². The molecule has 1 unspecified atom stereocenters. The van der Waals surface area contributed by atoms with E-state index in [9.17, 15) is 9.59 Å². The molecule has 1 saturated heterocycles. The van der Waals surface area contributed by atoms with E-state index in [1.165, 1.54) is 24.2 Å². The largest absolute Gasteiger partial charge is 0.490 e. The van der Waals surface area contributed by atoms with Crippen molar-refractivity contribution in [1.29, 1.82) is 0 Å². The smallest absolute Gasteiger partial charge is 0.331 e. The monoisotopic (exact) mass is 477 g/mol. The Hall–Kier alpha value is -3.17. The molecule has 3 N–H and O–H groups in total. The number of amides is 3. The number of urea groups is 1. The Kier molecular flexibility index (Phi) is 5.58. The Morgan fingerprint density at radius 1 is 1.18 bits per heavy atom. The molecule has 3 amide bonds. The molecule has 2 aliphatic heterocycles. The second-order valence-electron chi connectivity index (χ2n) is 9.12. The molecule has 1 saturated carbocycles. The number of pyridine rings is 1. The Morgan fingerprint density at radius 2 is 2.06 bits per heavy atom. The first-order valence-corrected chi connectivity index (χ1v) is 12.8. The fourth-order valence-corrected chi connectivity index (χ4v) is 6.14. The van der Waals surface area contributed by atoms with Crippen molar-refractivity contribution in [2.45, 2.75) is 50.7 Å². The van der Waals surface area contributed by atoms with Crippen LogP contribution >= 0.6 is 11.3 Å². The molecule has 1 aliphatic carbocycles. The lowest BCUT2D eigenvalue weighted by Crippen LogP contribution is -2.45. The Bertz CT molecular complexity index is 1250. The number of thiophene rings is 1. The first kappa shape index (κ1) is 21.4. The average Bonchev–Trinajstić information content (AvgIpc) is 3.49. The number of aromatic nitrogens is 1. The van der Waals surface area contributed by atoms with E-state index in [1.54, 1.807) is 11.1 Å². The minimum Gasteiger partial charge on any atom is -0.490 e. The summed E-state index contributed by atoms with van der Waals surface area (Å²) in [5.74, 6) is 0.595. The van der Waals surface area contributed by atoms with Crippen LogP contribution in [-0.2, 0) is 0 Å². The van der Waals surface area contributed by atoms with Crippen LogP contribution in [0.15, 0.2) is 36.5 Å². The summed E-state index contributed by atoms with van der Waals surface area (Å²) in [5, 5.41) is 10.2. The summed E-state index contributed by atoms with van der Waals surface area (Å²) in [5.41, 5.74) is 1.98. The third-order valence-electron chi connectivity index (χ3n) is 6.77. The van der Waals surface area contributed by atoms with E-state index in [4.69, 9.17) is 4.74 Å².